The fourth-order valence-electron chi connectivity index (χ4n) is 4.78. The van der Waals surface area contributed by atoms with Crippen LogP contribution < -0.4 is 10.1 Å². The molecule has 0 aliphatic carbocycles. The molecule has 1 aromatic carbocycles. The molecule has 4 heterocycles. The maximum atomic E-state index is 13.8. The number of amides is 2. The predicted octanol–water partition coefficient (Wildman–Crippen LogP) is 2.75. The first kappa shape index (κ1) is 21.5. The van der Waals surface area contributed by atoms with Crippen molar-refractivity contribution in [2.75, 3.05) is 20.3 Å². The molecule has 2 atom stereocenters. The van der Waals surface area contributed by atoms with Gasteiger partial charge in [-0.3, -0.25) is 14.6 Å². The highest BCUT2D eigenvalue weighted by Gasteiger charge is 2.47. The number of ether oxygens (including phenoxy) is 2. The van der Waals surface area contributed by atoms with Crippen LogP contribution in [0.3, 0.4) is 0 Å². The molecule has 5 rings (SSSR count). The molecule has 2 aromatic heterocycles. The standard InChI is InChI=1S/C25H28N4O4/c1-25(24(31)27-14-20-6-4-10-33-20)16-28-21-12-19(32-2)8-7-18(21)11-22(28)23(30)29(25)15-17-5-3-9-26-13-17/h3,5,7-9,11-13,20H,4,6,10,14-16H2,1-2H3,(H,27,31)/t20-,25-/m0/s1. The SMILES string of the molecule is COc1ccc2cc3n(c2c1)C[C@@](C)(C(=O)NC[C@@H]1CCCO1)N(Cc1cccnc1)C3=O. The maximum absolute atomic E-state index is 13.8. The summed E-state index contributed by atoms with van der Waals surface area (Å²) in [6.45, 7) is 3.63. The van der Waals surface area contributed by atoms with Gasteiger partial charge in [0.15, 0.2) is 0 Å². The van der Waals surface area contributed by atoms with E-state index < -0.39 is 5.54 Å². The van der Waals surface area contributed by atoms with Gasteiger partial charge in [-0.15, -0.1) is 0 Å². The molecule has 0 saturated carbocycles. The van der Waals surface area contributed by atoms with Gasteiger partial charge in [0.1, 0.15) is 17.0 Å². The van der Waals surface area contributed by atoms with Crippen molar-refractivity contribution < 1.29 is 19.1 Å². The van der Waals surface area contributed by atoms with Crippen LogP contribution in [-0.4, -0.2) is 58.2 Å². The molecule has 1 fully saturated rings. The van der Waals surface area contributed by atoms with Crippen molar-refractivity contribution in [1.82, 2.24) is 19.8 Å². The summed E-state index contributed by atoms with van der Waals surface area (Å²) in [4.78, 5) is 33.2. The molecule has 172 valence electrons. The van der Waals surface area contributed by atoms with Crippen molar-refractivity contribution in [3.8, 4) is 5.75 Å². The van der Waals surface area contributed by atoms with Gasteiger partial charge >= 0.3 is 0 Å². The Bertz CT molecular complexity index is 1190. The molecule has 2 aliphatic rings. The van der Waals surface area contributed by atoms with Gasteiger partial charge in [0.05, 0.1) is 25.3 Å². The third kappa shape index (κ3) is 3.84. The van der Waals surface area contributed by atoms with Crippen molar-refractivity contribution in [2.24, 2.45) is 0 Å². The fraction of sp³-hybridized carbons (Fsp3) is 0.400. The van der Waals surface area contributed by atoms with Crippen molar-refractivity contribution in [1.29, 1.82) is 0 Å². The van der Waals surface area contributed by atoms with E-state index in [9.17, 15) is 9.59 Å². The van der Waals surface area contributed by atoms with E-state index in [2.05, 4.69) is 10.3 Å². The number of methoxy groups -OCH3 is 1. The Labute approximate surface area is 192 Å². The first-order valence-corrected chi connectivity index (χ1v) is 11.3. The van der Waals surface area contributed by atoms with Crippen LogP contribution in [0.2, 0.25) is 0 Å². The number of carbonyl (C=O) groups excluding carboxylic acids is 2. The number of carbonyl (C=O) groups is 2. The number of nitrogens with one attached hydrogen (secondary N) is 1. The normalized spacial score (nSPS) is 22.4. The number of pyridine rings is 1. The number of hydrogen-bond acceptors (Lipinski definition) is 5. The third-order valence-electron chi connectivity index (χ3n) is 6.70. The molecule has 33 heavy (non-hydrogen) atoms. The highest BCUT2D eigenvalue weighted by Crippen LogP contribution is 2.34. The highest BCUT2D eigenvalue weighted by molar-refractivity contribution is 6.03. The first-order valence-electron chi connectivity index (χ1n) is 11.3. The van der Waals surface area contributed by atoms with Gasteiger partial charge in [-0.1, -0.05) is 6.07 Å². The molecule has 2 aliphatic heterocycles. The van der Waals surface area contributed by atoms with Gasteiger partial charge in [0.25, 0.3) is 5.91 Å². The van der Waals surface area contributed by atoms with Gasteiger partial charge in [-0.25, -0.2) is 0 Å². The summed E-state index contributed by atoms with van der Waals surface area (Å²) in [5.74, 6) is 0.332. The molecule has 0 unspecified atom stereocenters. The summed E-state index contributed by atoms with van der Waals surface area (Å²) < 4.78 is 13.0. The zero-order valence-corrected chi connectivity index (χ0v) is 18.9. The van der Waals surface area contributed by atoms with Crippen LogP contribution in [0.1, 0.15) is 35.8 Å². The summed E-state index contributed by atoms with van der Waals surface area (Å²) in [6, 6.07) is 11.4. The highest BCUT2D eigenvalue weighted by atomic mass is 16.5. The lowest BCUT2D eigenvalue weighted by Gasteiger charge is -2.44. The van der Waals surface area contributed by atoms with Crippen LogP contribution >= 0.6 is 0 Å². The monoisotopic (exact) mass is 448 g/mol. The second-order valence-electron chi connectivity index (χ2n) is 8.91. The van der Waals surface area contributed by atoms with Gasteiger partial charge in [-0.05, 0) is 49.6 Å². The van der Waals surface area contributed by atoms with Crippen molar-refractivity contribution >= 4 is 22.7 Å². The van der Waals surface area contributed by atoms with E-state index in [1.54, 1.807) is 24.4 Å². The zero-order chi connectivity index (χ0) is 23.0. The lowest BCUT2D eigenvalue weighted by Crippen LogP contribution is -2.64. The Balaban J connectivity index is 1.53. The van der Waals surface area contributed by atoms with E-state index >= 15 is 0 Å². The molecular weight excluding hydrogens is 420 g/mol. The van der Waals surface area contributed by atoms with Gasteiger partial charge in [-0.2, -0.15) is 0 Å². The molecule has 0 spiro atoms. The molecule has 1 N–H and O–H groups in total. The second kappa shape index (κ2) is 8.51. The molecule has 0 radical (unpaired) electrons. The summed E-state index contributed by atoms with van der Waals surface area (Å²) in [5, 5.41) is 3.99. The Morgan fingerprint density at radius 2 is 2.21 bits per heavy atom. The van der Waals surface area contributed by atoms with Crippen LogP contribution in [0.15, 0.2) is 48.8 Å². The van der Waals surface area contributed by atoms with Crippen LogP contribution in [0.4, 0.5) is 0 Å². The van der Waals surface area contributed by atoms with E-state index in [-0.39, 0.29) is 17.9 Å². The predicted molar refractivity (Wildman–Crippen MR) is 123 cm³/mol. The minimum absolute atomic E-state index is 0.0239. The number of benzene rings is 1. The van der Waals surface area contributed by atoms with E-state index in [1.807, 2.05) is 47.9 Å². The third-order valence-corrected chi connectivity index (χ3v) is 6.70. The Hall–Kier alpha value is -3.39. The van der Waals surface area contributed by atoms with Crippen molar-refractivity contribution in [3.05, 3.63) is 60.0 Å². The van der Waals surface area contributed by atoms with Crippen molar-refractivity contribution in [3.63, 3.8) is 0 Å². The second-order valence-corrected chi connectivity index (χ2v) is 8.91. The summed E-state index contributed by atoms with van der Waals surface area (Å²) in [7, 11) is 1.62. The van der Waals surface area contributed by atoms with Gasteiger partial charge in [0, 0.05) is 43.5 Å². The first-order chi connectivity index (χ1) is 16.0. The van der Waals surface area contributed by atoms with Crippen LogP contribution in [0, 0.1) is 0 Å². The van der Waals surface area contributed by atoms with Crippen LogP contribution in [-0.2, 0) is 22.6 Å². The van der Waals surface area contributed by atoms with E-state index in [0.717, 1.165) is 35.9 Å². The molecule has 1 saturated heterocycles. The maximum Gasteiger partial charge on any atom is 0.271 e. The van der Waals surface area contributed by atoms with E-state index in [4.69, 9.17) is 9.47 Å². The Kier molecular flexibility index (Phi) is 5.54. The zero-order valence-electron chi connectivity index (χ0n) is 18.9. The minimum atomic E-state index is -1.09. The largest absolute Gasteiger partial charge is 0.497 e. The molecule has 8 heteroatoms. The van der Waals surface area contributed by atoms with Crippen LogP contribution in [0.25, 0.3) is 10.9 Å². The van der Waals surface area contributed by atoms with Gasteiger partial charge in [0.2, 0.25) is 5.91 Å². The molecule has 3 aromatic rings. The molecule has 8 nitrogen and oxygen atoms in total. The Morgan fingerprint density at radius 1 is 1.33 bits per heavy atom. The average molecular weight is 449 g/mol. The number of fused-ring (bicyclic) bond motifs is 3. The molecule has 2 amide bonds. The number of hydrogen-bond donors (Lipinski definition) is 1. The quantitative estimate of drug-likeness (QED) is 0.627. The molecular formula is C25H28N4O4. The van der Waals surface area contributed by atoms with Crippen molar-refractivity contribution in [2.45, 2.75) is 44.5 Å². The smallest absolute Gasteiger partial charge is 0.271 e. The molecule has 0 bridgehead atoms. The van der Waals surface area contributed by atoms with Crippen LogP contribution in [0.5, 0.6) is 5.75 Å². The summed E-state index contributed by atoms with van der Waals surface area (Å²) in [5.41, 5.74) is 1.21. The fourth-order valence-corrected chi connectivity index (χ4v) is 4.78. The summed E-state index contributed by atoms with van der Waals surface area (Å²) >= 11 is 0. The minimum Gasteiger partial charge on any atom is -0.497 e. The average Bonchev–Trinajstić information content (AvgIpc) is 3.48. The van der Waals surface area contributed by atoms with Gasteiger partial charge < -0.3 is 24.3 Å². The lowest BCUT2D eigenvalue weighted by molar-refractivity contribution is -0.133. The van der Waals surface area contributed by atoms with E-state index in [1.165, 1.54) is 0 Å². The number of aromatic nitrogens is 2. The van der Waals surface area contributed by atoms with E-state index in [0.29, 0.717) is 31.1 Å². The Morgan fingerprint density at radius 3 is 2.94 bits per heavy atom. The lowest BCUT2D eigenvalue weighted by atomic mass is 9.94. The number of rotatable bonds is 6. The topological polar surface area (TPSA) is 85.7 Å². The summed E-state index contributed by atoms with van der Waals surface area (Å²) in [6.07, 6.45) is 5.38. The number of nitrogens with zero attached hydrogens (tertiary/aromatic N) is 3.